The van der Waals surface area contributed by atoms with E-state index >= 15 is 0 Å². The molecule has 0 fully saturated rings. The van der Waals surface area contributed by atoms with E-state index in [9.17, 15) is 20.2 Å². The summed E-state index contributed by atoms with van der Waals surface area (Å²) in [5, 5.41) is 39.9. The van der Waals surface area contributed by atoms with E-state index in [1.807, 2.05) is 12.1 Å². The van der Waals surface area contributed by atoms with Crippen LogP contribution in [0.15, 0.2) is 46.2 Å². The highest BCUT2D eigenvalue weighted by molar-refractivity contribution is 7.99. The minimum atomic E-state index is -0.523. The number of hydrogen-bond donors (Lipinski definition) is 0. The molecule has 0 unspecified atom stereocenters. The smallest absolute Gasteiger partial charge is 0.284 e. The van der Waals surface area contributed by atoms with Gasteiger partial charge in [-0.2, -0.15) is 10.5 Å². The average molecular weight is 430 g/mol. The Morgan fingerprint density at radius 3 is 1.59 bits per heavy atom. The number of nitro groups is 2. The largest absolute Gasteiger partial charge is 0.380 e. The third-order valence-electron chi connectivity index (χ3n) is 3.54. The zero-order valence-corrected chi connectivity index (χ0v) is 16.6. The van der Waals surface area contributed by atoms with Gasteiger partial charge < -0.3 is 4.74 Å². The van der Waals surface area contributed by atoms with Gasteiger partial charge in [0.2, 0.25) is 0 Å². The summed E-state index contributed by atoms with van der Waals surface area (Å²) in [7, 11) is 0. The maximum atomic E-state index is 11.1. The van der Waals surface area contributed by atoms with Gasteiger partial charge in [0.1, 0.15) is 0 Å². The van der Waals surface area contributed by atoms with Crippen molar-refractivity contribution in [2.75, 3.05) is 24.7 Å². The fraction of sp³-hybridized carbons (Fsp3) is 0.222. The zero-order chi connectivity index (χ0) is 21.2. The van der Waals surface area contributed by atoms with Crippen LogP contribution in [0.1, 0.15) is 11.1 Å². The van der Waals surface area contributed by atoms with Crippen molar-refractivity contribution in [2.24, 2.45) is 0 Å². The third kappa shape index (κ3) is 6.47. The van der Waals surface area contributed by atoms with Crippen LogP contribution in [0.4, 0.5) is 11.4 Å². The molecule has 0 amide bonds. The fourth-order valence-corrected chi connectivity index (χ4v) is 3.96. The van der Waals surface area contributed by atoms with Crippen molar-refractivity contribution < 1.29 is 14.6 Å². The van der Waals surface area contributed by atoms with Crippen LogP contribution < -0.4 is 0 Å². The molecule has 2 rings (SSSR count). The van der Waals surface area contributed by atoms with Crippen LogP contribution in [0.3, 0.4) is 0 Å². The molecule has 0 saturated carbocycles. The lowest BCUT2D eigenvalue weighted by Crippen LogP contribution is -2.02. The molecule has 0 bridgehead atoms. The van der Waals surface area contributed by atoms with Crippen LogP contribution in [-0.2, 0) is 4.74 Å². The van der Waals surface area contributed by atoms with E-state index < -0.39 is 9.85 Å². The monoisotopic (exact) mass is 430 g/mol. The van der Waals surface area contributed by atoms with Gasteiger partial charge in [0.05, 0.1) is 56.1 Å². The van der Waals surface area contributed by atoms with E-state index in [2.05, 4.69) is 0 Å². The molecular weight excluding hydrogens is 416 g/mol. The minimum Gasteiger partial charge on any atom is -0.380 e. The van der Waals surface area contributed by atoms with Crippen LogP contribution >= 0.6 is 23.5 Å². The Morgan fingerprint density at radius 2 is 1.24 bits per heavy atom. The summed E-state index contributed by atoms with van der Waals surface area (Å²) < 4.78 is 5.48. The molecule has 0 radical (unpaired) electrons. The lowest BCUT2D eigenvalue weighted by Gasteiger charge is -2.06. The molecule has 11 heteroatoms. The van der Waals surface area contributed by atoms with Crippen molar-refractivity contribution >= 4 is 34.9 Å². The maximum absolute atomic E-state index is 11.1. The van der Waals surface area contributed by atoms with Gasteiger partial charge in [-0.1, -0.05) is 0 Å². The van der Waals surface area contributed by atoms with Crippen molar-refractivity contribution in [3.8, 4) is 12.1 Å². The molecule has 0 aliphatic carbocycles. The van der Waals surface area contributed by atoms with Gasteiger partial charge in [0.25, 0.3) is 11.4 Å². The maximum Gasteiger partial charge on any atom is 0.284 e. The van der Waals surface area contributed by atoms with Crippen molar-refractivity contribution in [3.05, 3.63) is 67.8 Å². The number of nitro benzene ring substituents is 2. The van der Waals surface area contributed by atoms with Gasteiger partial charge in [-0.15, -0.1) is 23.5 Å². The first-order chi connectivity index (χ1) is 14.0. The topological polar surface area (TPSA) is 143 Å². The Balaban J connectivity index is 1.78. The molecule has 0 heterocycles. The highest BCUT2D eigenvalue weighted by Gasteiger charge is 2.16. The predicted molar refractivity (Wildman–Crippen MR) is 108 cm³/mol. The molecule has 0 saturated heterocycles. The SMILES string of the molecule is N#Cc1ccc(SCCOCCSc2ccc(C#N)cc2[N+](=O)[O-])c([N+](=O)[O-])c1. The number of hydrogen-bond acceptors (Lipinski definition) is 9. The molecule has 148 valence electrons. The summed E-state index contributed by atoms with van der Waals surface area (Å²) in [5.41, 5.74) is 0.230. The second-order valence-corrected chi connectivity index (χ2v) is 7.69. The summed E-state index contributed by atoms with van der Waals surface area (Å²) in [6.45, 7) is 0.690. The molecule has 2 aromatic rings. The Labute approximate surface area is 174 Å². The predicted octanol–water partition coefficient (Wildman–Crippen LogP) is 4.15. The molecule has 2 aromatic carbocycles. The van der Waals surface area contributed by atoms with E-state index in [0.717, 1.165) is 0 Å². The Bertz CT molecular complexity index is 921. The van der Waals surface area contributed by atoms with E-state index in [4.69, 9.17) is 15.3 Å². The number of thioether (sulfide) groups is 2. The van der Waals surface area contributed by atoms with Gasteiger partial charge in [0, 0.05) is 23.6 Å². The highest BCUT2D eigenvalue weighted by atomic mass is 32.2. The third-order valence-corrected chi connectivity index (χ3v) is 5.59. The van der Waals surface area contributed by atoms with Crippen LogP contribution in [-0.4, -0.2) is 34.6 Å². The highest BCUT2D eigenvalue weighted by Crippen LogP contribution is 2.31. The first-order valence-corrected chi connectivity index (χ1v) is 10.1. The number of benzene rings is 2. The second kappa shape index (κ2) is 11.0. The van der Waals surface area contributed by atoms with Crippen molar-refractivity contribution in [3.63, 3.8) is 0 Å². The Morgan fingerprint density at radius 1 is 0.828 bits per heavy atom. The number of nitriles is 2. The molecule has 0 aliphatic heterocycles. The zero-order valence-electron chi connectivity index (χ0n) is 14.9. The molecule has 0 N–H and O–H groups in total. The van der Waals surface area contributed by atoms with Crippen molar-refractivity contribution in [1.29, 1.82) is 10.5 Å². The molecule has 0 atom stereocenters. The minimum absolute atomic E-state index is 0.113. The molecule has 9 nitrogen and oxygen atoms in total. The van der Waals surface area contributed by atoms with Crippen molar-refractivity contribution in [2.45, 2.75) is 9.79 Å². The van der Waals surface area contributed by atoms with Crippen LogP contribution in [0, 0.1) is 42.9 Å². The summed E-state index contributed by atoms with van der Waals surface area (Å²) in [6.07, 6.45) is 0. The lowest BCUT2D eigenvalue weighted by atomic mass is 10.2. The lowest BCUT2D eigenvalue weighted by molar-refractivity contribution is -0.387. The van der Waals surface area contributed by atoms with E-state index in [-0.39, 0.29) is 22.5 Å². The van der Waals surface area contributed by atoms with E-state index in [0.29, 0.717) is 34.5 Å². The van der Waals surface area contributed by atoms with Crippen LogP contribution in [0.2, 0.25) is 0 Å². The van der Waals surface area contributed by atoms with Gasteiger partial charge >= 0.3 is 0 Å². The van der Waals surface area contributed by atoms with E-state index in [1.54, 1.807) is 12.1 Å². The molecular formula is C18H14N4O5S2. The molecule has 0 aromatic heterocycles. The summed E-state index contributed by atoms with van der Waals surface area (Å²) >= 11 is 2.51. The van der Waals surface area contributed by atoms with Gasteiger partial charge in [-0.05, 0) is 24.3 Å². The average Bonchev–Trinajstić information content (AvgIpc) is 2.72. The number of nitrogens with zero attached hydrogens (tertiary/aromatic N) is 4. The Kier molecular flexibility index (Phi) is 8.43. The van der Waals surface area contributed by atoms with Crippen molar-refractivity contribution in [1.82, 2.24) is 0 Å². The standard InChI is InChI=1S/C18H14N4O5S2/c19-11-13-1-3-17(15(9-13)21(23)24)28-7-5-27-6-8-29-18-4-2-14(12-20)10-16(18)22(25)26/h1-4,9-10H,5-8H2. The Hall–Kier alpha value is -3.12. The molecule has 29 heavy (non-hydrogen) atoms. The van der Waals surface area contributed by atoms with Gasteiger partial charge in [-0.3, -0.25) is 20.2 Å². The molecule has 0 spiro atoms. The summed E-state index contributed by atoms with van der Waals surface area (Å²) in [4.78, 5) is 22.1. The normalized spacial score (nSPS) is 10.1. The molecule has 0 aliphatic rings. The first-order valence-electron chi connectivity index (χ1n) is 8.16. The van der Waals surface area contributed by atoms with Crippen LogP contribution in [0.5, 0.6) is 0 Å². The van der Waals surface area contributed by atoms with E-state index in [1.165, 1.54) is 47.8 Å². The first kappa shape index (κ1) is 22.2. The van der Waals surface area contributed by atoms with Gasteiger partial charge in [-0.25, -0.2) is 0 Å². The quantitative estimate of drug-likeness (QED) is 0.235. The summed E-state index contributed by atoms with van der Waals surface area (Å²) in [5.74, 6) is 0.961. The number of ether oxygens (including phenoxy) is 1. The second-order valence-electron chi connectivity index (χ2n) is 5.41. The number of rotatable bonds is 10. The van der Waals surface area contributed by atoms with Gasteiger partial charge in [0.15, 0.2) is 0 Å². The van der Waals surface area contributed by atoms with Crippen LogP contribution in [0.25, 0.3) is 0 Å². The fourth-order valence-electron chi connectivity index (χ4n) is 2.23. The summed E-state index contributed by atoms with van der Waals surface area (Å²) in [6, 6.07) is 12.4.